The number of nitrogens with one attached hydrogen (secondary N) is 1. The van der Waals surface area contributed by atoms with E-state index in [1.807, 2.05) is 19.9 Å². The molecule has 0 spiro atoms. The largest absolute Gasteiger partial charge is 0.497 e. The Kier molecular flexibility index (Phi) is 11.0. The maximum atomic E-state index is 13.7. The second-order valence-electron chi connectivity index (χ2n) is 8.26. The molecule has 0 aliphatic heterocycles. The Morgan fingerprint density at radius 3 is 2.39 bits per heavy atom. The van der Waals surface area contributed by atoms with Gasteiger partial charge in [0, 0.05) is 13.1 Å². The van der Waals surface area contributed by atoms with Crippen LogP contribution in [-0.4, -0.2) is 64.2 Å². The smallest absolute Gasteiger partial charge is 0.244 e. The third-order valence-electron chi connectivity index (χ3n) is 5.54. The molecule has 0 aliphatic rings. The summed E-state index contributed by atoms with van der Waals surface area (Å²) in [5.41, 5.74) is 1.02. The molecule has 1 N–H and O–H groups in total. The van der Waals surface area contributed by atoms with Crippen LogP contribution in [0.3, 0.4) is 0 Å². The molecule has 2 rings (SSSR count). The summed E-state index contributed by atoms with van der Waals surface area (Å²) in [6.07, 6.45) is 2.16. The van der Waals surface area contributed by atoms with Gasteiger partial charge in [0.2, 0.25) is 21.8 Å². The Balaban J connectivity index is 2.48. The minimum Gasteiger partial charge on any atom is -0.497 e. The Morgan fingerprint density at radius 2 is 1.78 bits per heavy atom. The molecule has 0 aliphatic carbocycles. The zero-order valence-corrected chi connectivity index (χ0v) is 22.5. The van der Waals surface area contributed by atoms with Gasteiger partial charge in [-0.1, -0.05) is 38.1 Å². The molecule has 198 valence electrons. The first-order valence-corrected chi connectivity index (χ1v) is 13.9. The number of hydrogen-bond acceptors (Lipinski definition) is 6. The van der Waals surface area contributed by atoms with Crippen LogP contribution in [0.15, 0.2) is 48.5 Å². The molecule has 1 atom stereocenters. The molecule has 9 nitrogen and oxygen atoms in total. The standard InChI is InChI=1S/C26H37N3O6S/c1-6-16-27-26(31)22(7-2)28(18-20-12-11-13-21(17-20)34-4)25(30)19-29(36(5,32)33)23-14-9-10-15-24(23)35-8-3/h9-15,17,22H,6-8,16,18-19H2,1-5H3,(H,27,31). The quantitative estimate of drug-likeness (QED) is 0.411. The van der Waals surface area contributed by atoms with E-state index < -0.39 is 28.5 Å². The van der Waals surface area contributed by atoms with Crippen molar-refractivity contribution in [2.45, 2.75) is 46.2 Å². The molecule has 0 saturated carbocycles. The number of carbonyl (C=O) groups excluding carboxylic acids is 2. The Hall–Kier alpha value is -3.27. The molecule has 0 bridgehead atoms. The Bertz CT molecular complexity index is 1120. The van der Waals surface area contributed by atoms with Gasteiger partial charge in [0.05, 0.1) is 25.7 Å². The van der Waals surface area contributed by atoms with Gasteiger partial charge in [0.25, 0.3) is 0 Å². The molecule has 0 heterocycles. The van der Waals surface area contributed by atoms with Crippen molar-refractivity contribution in [2.24, 2.45) is 0 Å². The van der Waals surface area contributed by atoms with Crippen molar-refractivity contribution in [3.63, 3.8) is 0 Å². The van der Waals surface area contributed by atoms with Crippen LogP contribution >= 0.6 is 0 Å². The summed E-state index contributed by atoms with van der Waals surface area (Å²) < 4.78 is 37.6. The van der Waals surface area contributed by atoms with Crippen molar-refractivity contribution in [1.82, 2.24) is 10.2 Å². The van der Waals surface area contributed by atoms with E-state index in [1.165, 1.54) is 4.90 Å². The third kappa shape index (κ3) is 7.87. The van der Waals surface area contributed by atoms with Gasteiger partial charge in [-0.25, -0.2) is 8.42 Å². The van der Waals surface area contributed by atoms with Crippen molar-refractivity contribution < 1.29 is 27.5 Å². The van der Waals surface area contributed by atoms with Gasteiger partial charge in [-0.2, -0.15) is 0 Å². The molecule has 0 aromatic heterocycles. The average Bonchev–Trinajstić information content (AvgIpc) is 2.85. The van der Waals surface area contributed by atoms with Crippen LogP contribution in [0.25, 0.3) is 0 Å². The number of carbonyl (C=O) groups is 2. The average molecular weight is 520 g/mol. The molecule has 36 heavy (non-hydrogen) atoms. The second kappa shape index (κ2) is 13.7. The van der Waals surface area contributed by atoms with Gasteiger partial charge in [-0.15, -0.1) is 0 Å². The summed E-state index contributed by atoms with van der Waals surface area (Å²) in [5.74, 6) is 0.182. The van der Waals surface area contributed by atoms with Crippen LogP contribution in [0.4, 0.5) is 5.69 Å². The first kappa shape index (κ1) is 29.0. The summed E-state index contributed by atoms with van der Waals surface area (Å²) in [7, 11) is -2.30. The molecule has 2 aromatic carbocycles. The zero-order valence-electron chi connectivity index (χ0n) is 21.7. The van der Waals surface area contributed by atoms with Gasteiger partial charge < -0.3 is 19.7 Å². The summed E-state index contributed by atoms with van der Waals surface area (Å²) in [6.45, 7) is 6.00. The van der Waals surface area contributed by atoms with Crippen LogP contribution in [0.2, 0.25) is 0 Å². The van der Waals surface area contributed by atoms with Crippen molar-refractivity contribution in [2.75, 3.05) is 37.4 Å². The lowest BCUT2D eigenvalue weighted by atomic mass is 10.1. The predicted molar refractivity (Wildman–Crippen MR) is 141 cm³/mol. The number of amides is 2. The highest BCUT2D eigenvalue weighted by Gasteiger charge is 2.32. The van der Waals surface area contributed by atoms with Gasteiger partial charge >= 0.3 is 0 Å². The van der Waals surface area contributed by atoms with Gasteiger partial charge in [-0.3, -0.25) is 13.9 Å². The monoisotopic (exact) mass is 519 g/mol. The maximum Gasteiger partial charge on any atom is 0.244 e. The fourth-order valence-corrected chi connectivity index (χ4v) is 4.64. The van der Waals surface area contributed by atoms with E-state index in [2.05, 4.69) is 5.32 Å². The van der Waals surface area contributed by atoms with Crippen LogP contribution in [0.5, 0.6) is 11.5 Å². The third-order valence-corrected chi connectivity index (χ3v) is 6.66. The molecular weight excluding hydrogens is 482 g/mol. The number of ether oxygens (including phenoxy) is 2. The summed E-state index contributed by atoms with van der Waals surface area (Å²) >= 11 is 0. The second-order valence-corrected chi connectivity index (χ2v) is 10.2. The van der Waals surface area contributed by atoms with E-state index in [9.17, 15) is 18.0 Å². The summed E-state index contributed by atoms with van der Waals surface area (Å²) in [4.78, 5) is 28.2. The first-order chi connectivity index (χ1) is 17.2. The van der Waals surface area contributed by atoms with Crippen LogP contribution in [-0.2, 0) is 26.2 Å². The van der Waals surface area contributed by atoms with E-state index in [0.29, 0.717) is 31.1 Å². The molecular formula is C26H37N3O6S. The summed E-state index contributed by atoms with van der Waals surface area (Å²) in [5, 5.41) is 2.86. The highest BCUT2D eigenvalue weighted by molar-refractivity contribution is 7.92. The number of rotatable bonds is 14. The minimum absolute atomic E-state index is 0.110. The number of sulfonamides is 1. The maximum absolute atomic E-state index is 13.7. The van der Waals surface area contributed by atoms with Crippen LogP contribution in [0.1, 0.15) is 39.2 Å². The first-order valence-electron chi connectivity index (χ1n) is 12.1. The molecule has 0 radical (unpaired) electrons. The lowest BCUT2D eigenvalue weighted by molar-refractivity contribution is -0.140. The van der Waals surface area contributed by atoms with Crippen LogP contribution < -0.4 is 19.1 Å². The molecule has 10 heteroatoms. The molecule has 2 amide bonds. The van der Waals surface area contributed by atoms with Gasteiger partial charge in [0.15, 0.2) is 0 Å². The lowest BCUT2D eigenvalue weighted by Crippen LogP contribution is -2.52. The van der Waals surface area contributed by atoms with Crippen LogP contribution in [0, 0.1) is 0 Å². The van der Waals surface area contributed by atoms with E-state index in [0.717, 1.165) is 22.5 Å². The number of hydrogen-bond donors (Lipinski definition) is 1. The number of para-hydroxylation sites is 2. The van der Waals surface area contributed by atoms with Gasteiger partial charge in [-0.05, 0) is 49.6 Å². The number of nitrogens with zero attached hydrogens (tertiary/aromatic N) is 2. The van der Waals surface area contributed by atoms with E-state index >= 15 is 0 Å². The zero-order chi connectivity index (χ0) is 26.7. The topological polar surface area (TPSA) is 105 Å². The molecule has 0 fully saturated rings. The van der Waals surface area contributed by atoms with E-state index in [4.69, 9.17) is 9.47 Å². The van der Waals surface area contributed by atoms with E-state index in [-0.39, 0.29) is 18.1 Å². The predicted octanol–water partition coefficient (Wildman–Crippen LogP) is 3.19. The van der Waals surface area contributed by atoms with Crippen molar-refractivity contribution in [3.8, 4) is 11.5 Å². The Morgan fingerprint density at radius 1 is 1.06 bits per heavy atom. The summed E-state index contributed by atoms with van der Waals surface area (Å²) in [6, 6.07) is 13.1. The fourth-order valence-electron chi connectivity index (χ4n) is 3.79. The van der Waals surface area contributed by atoms with E-state index in [1.54, 1.807) is 56.5 Å². The Labute approximate surface area is 214 Å². The highest BCUT2D eigenvalue weighted by atomic mass is 32.2. The normalized spacial score (nSPS) is 11.9. The molecule has 1 unspecified atom stereocenters. The number of methoxy groups -OCH3 is 1. The van der Waals surface area contributed by atoms with Crippen molar-refractivity contribution in [1.29, 1.82) is 0 Å². The molecule has 0 saturated heterocycles. The fraction of sp³-hybridized carbons (Fsp3) is 0.462. The number of anilines is 1. The lowest BCUT2D eigenvalue weighted by Gasteiger charge is -2.33. The minimum atomic E-state index is -3.85. The van der Waals surface area contributed by atoms with Crippen molar-refractivity contribution in [3.05, 3.63) is 54.1 Å². The van der Waals surface area contributed by atoms with Gasteiger partial charge in [0.1, 0.15) is 24.1 Å². The van der Waals surface area contributed by atoms with Crippen molar-refractivity contribution >= 4 is 27.5 Å². The number of benzene rings is 2. The molecule has 2 aromatic rings. The SMILES string of the molecule is CCCNC(=O)C(CC)N(Cc1cccc(OC)c1)C(=O)CN(c1ccccc1OCC)S(C)(=O)=O. The highest BCUT2D eigenvalue weighted by Crippen LogP contribution is 2.30.